The summed E-state index contributed by atoms with van der Waals surface area (Å²) in [6, 6.07) is 13.7. The van der Waals surface area contributed by atoms with Crippen LogP contribution in [0, 0.1) is 5.82 Å². The van der Waals surface area contributed by atoms with Gasteiger partial charge in [-0.15, -0.1) is 0 Å². The van der Waals surface area contributed by atoms with Gasteiger partial charge in [-0.05, 0) is 49.5 Å². The number of nitrogens with zero attached hydrogens (tertiary/aromatic N) is 2. The van der Waals surface area contributed by atoms with Crippen molar-refractivity contribution in [2.75, 3.05) is 39.6 Å². The molecule has 0 aliphatic rings. The summed E-state index contributed by atoms with van der Waals surface area (Å²) in [7, 11) is 7.79. The van der Waals surface area contributed by atoms with E-state index in [-0.39, 0.29) is 18.4 Å². The van der Waals surface area contributed by atoms with Gasteiger partial charge in [0.2, 0.25) is 0 Å². The van der Waals surface area contributed by atoms with Crippen LogP contribution in [0.25, 0.3) is 0 Å². The highest BCUT2D eigenvalue weighted by atomic mass is 19.1. The number of benzene rings is 2. The van der Waals surface area contributed by atoms with Crippen molar-refractivity contribution in [3.05, 3.63) is 65.5 Å². The molecule has 2 N–H and O–H groups in total. The minimum Gasteiger partial charge on any atom is -0.378 e. The highest BCUT2D eigenvalue weighted by Crippen LogP contribution is 2.20. The third-order valence-corrected chi connectivity index (χ3v) is 4.45. The van der Waals surface area contributed by atoms with Gasteiger partial charge in [-0.25, -0.2) is 4.39 Å². The Hall–Kier alpha value is -2.93. The van der Waals surface area contributed by atoms with Gasteiger partial charge in [-0.1, -0.05) is 24.3 Å². The molecule has 28 heavy (non-hydrogen) atoms. The molecule has 0 aromatic heterocycles. The van der Waals surface area contributed by atoms with Crippen LogP contribution in [-0.2, 0) is 16.1 Å². The normalized spacial score (nSPS) is 11.8. The first kappa shape index (κ1) is 21.4. The van der Waals surface area contributed by atoms with Crippen molar-refractivity contribution in [3.63, 3.8) is 0 Å². The van der Waals surface area contributed by atoms with Crippen LogP contribution in [0.15, 0.2) is 48.5 Å². The van der Waals surface area contributed by atoms with Crippen LogP contribution >= 0.6 is 0 Å². The van der Waals surface area contributed by atoms with Crippen LogP contribution < -0.4 is 15.5 Å². The standard InChI is InChI=1S/C21H27FN4O2/c1-25(2)18-11-7-16(8-12-18)19(26(3)4)14-24-21(28)20(27)23-13-15-5-9-17(22)10-6-15/h5-12,19H,13-14H2,1-4H3,(H,23,27)(H,24,28)/t19-/m0/s1. The summed E-state index contributed by atoms with van der Waals surface area (Å²) >= 11 is 0. The third-order valence-electron chi connectivity index (χ3n) is 4.45. The van der Waals surface area contributed by atoms with Crippen LogP contribution in [0.5, 0.6) is 0 Å². The molecule has 6 nitrogen and oxygen atoms in total. The number of hydrogen-bond acceptors (Lipinski definition) is 4. The number of carbonyl (C=O) groups excluding carboxylic acids is 2. The lowest BCUT2D eigenvalue weighted by Crippen LogP contribution is -2.42. The summed E-state index contributed by atoms with van der Waals surface area (Å²) in [5.74, 6) is -1.76. The van der Waals surface area contributed by atoms with Crippen molar-refractivity contribution in [3.8, 4) is 0 Å². The lowest BCUT2D eigenvalue weighted by atomic mass is 10.1. The van der Waals surface area contributed by atoms with E-state index in [1.807, 2.05) is 62.3 Å². The van der Waals surface area contributed by atoms with E-state index in [2.05, 4.69) is 10.6 Å². The lowest BCUT2D eigenvalue weighted by Gasteiger charge is -2.25. The minimum atomic E-state index is -0.718. The molecule has 0 bridgehead atoms. The number of hydrogen-bond donors (Lipinski definition) is 2. The molecule has 0 unspecified atom stereocenters. The summed E-state index contributed by atoms with van der Waals surface area (Å²) in [4.78, 5) is 28.1. The van der Waals surface area contributed by atoms with E-state index in [9.17, 15) is 14.0 Å². The molecule has 0 spiro atoms. The van der Waals surface area contributed by atoms with Gasteiger partial charge >= 0.3 is 11.8 Å². The zero-order valence-electron chi connectivity index (χ0n) is 16.7. The van der Waals surface area contributed by atoms with Crippen LogP contribution in [0.1, 0.15) is 17.2 Å². The Kier molecular flexibility index (Phi) is 7.52. The second-order valence-corrected chi connectivity index (χ2v) is 6.98. The molecule has 2 aromatic carbocycles. The maximum Gasteiger partial charge on any atom is 0.309 e. The highest BCUT2D eigenvalue weighted by molar-refractivity contribution is 6.35. The summed E-state index contributed by atoms with van der Waals surface area (Å²) in [5, 5.41) is 5.22. The molecule has 2 aromatic rings. The smallest absolute Gasteiger partial charge is 0.309 e. The molecule has 2 rings (SSSR count). The van der Waals surface area contributed by atoms with Gasteiger partial charge in [-0.3, -0.25) is 9.59 Å². The molecule has 150 valence electrons. The minimum absolute atomic E-state index is 0.0648. The Bertz CT molecular complexity index is 789. The first-order valence-corrected chi connectivity index (χ1v) is 9.02. The van der Waals surface area contributed by atoms with E-state index in [4.69, 9.17) is 0 Å². The third kappa shape index (κ3) is 6.06. The second-order valence-electron chi connectivity index (χ2n) is 6.98. The predicted octanol–water partition coefficient (Wildman–Crippen LogP) is 1.93. The molecule has 1 atom stereocenters. The average Bonchev–Trinajstić information content (AvgIpc) is 2.67. The van der Waals surface area contributed by atoms with E-state index in [0.717, 1.165) is 16.8 Å². The number of rotatable bonds is 7. The maximum absolute atomic E-state index is 12.9. The van der Waals surface area contributed by atoms with E-state index < -0.39 is 11.8 Å². The van der Waals surface area contributed by atoms with Crippen molar-refractivity contribution in [2.24, 2.45) is 0 Å². The fraction of sp³-hybridized carbons (Fsp3) is 0.333. The molecule has 0 saturated carbocycles. The Balaban J connectivity index is 1.90. The van der Waals surface area contributed by atoms with Crippen molar-refractivity contribution in [1.29, 1.82) is 0 Å². The highest BCUT2D eigenvalue weighted by Gasteiger charge is 2.18. The Labute approximate surface area is 165 Å². The lowest BCUT2D eigenvalue weighted by molar-refractivity contribution is -0.139. The quantitative estimate of drug-likeness (QED) is 0.714. The van der Waals surface area contributed by atoms with Gasteiger partial charge in [0.05, 0.1) is 6.04 Å². The first-order chi connectivity index (χ1) is 13.3. The van der Waals surface area contributed by atoms with Gasteiger partial charge in [0, 0.05) is 32.9 Å². The van der Waals surface area contributed by atoms with Crippen LogP contribution in [0.4, 0.5) is 10.1 Å². The SMILES string of the molecule is CN(C)c1ccc([C@H](CNC(=O)C(=O)NCc2ccc(F)cc2)N(C)C)cc1. The molecular weight excluding hydrogens is 359 g/mol. The van der Waals surface area contributed by atoms with E-state index in [1.54, 1.807) is 12.1 Å². The maximum atomic E-state index is 12.9. The molecule has 7 heteroatoms. The topological polar surface area (TPSA) is 64.7 Å². The monoisotopic (exact) mass is 386 g/mol. The van der Waals surface area contributed by atoms with Gasteiger partial charge in [0.15, 0.2) is 0 Å². The van der Waals surface area contributed by atoms with Crippen molar-refractivity contribution < 1.29 is 14.0 Å². The summed E-state index contributed by atoms with van der Waals surface area (Å²) in [6.45, 7) is 0.465. The number of likely N-dealkylation sites (N-methyl/N-ethyl adjacent to an activating group) is 1. The molecule has 2 amide bonds. The molecule has 0 saturated heterocycles. The van der Waals surface area contributed by atoms with E-state index in [0.29, 0.717) is 6.54 Å². The van der Waals surface area contributed by atoms with Gasteiger partial charge in [-0.2, -0.15) is 0 Å². The molecule has 0 fully saturated rings. The van der Waals surface area contributed by atoms with Crippen molar-refractivity contribution >= 4 is 17.5 Å². The summed E-state index contributed by atoms with van der Waals surface area (Å²) in [5.41, 5.74) is 2.85. The van der Waals surface area contributed by atoms with Crippen molar-refractivity contribution in [1.82, 2.24) is 15.5 Å². The van der Waals surface area contributed by atoms with Crippen LogP contribution in [0.3, 0.4) is 0 Å². The first-order valence-electron chi connectivity index (χ1n) is 9.02. The summed E-state index contributed by atoms with van der Waals surface area (Å²) in [6.07, 6.45) is 0. The largest absolute Gasteiger partial charge is 0.378 e. The van der Waals surface area contributed by atoms with Crippen LogP contribution in [-0.4, -0.2) is 51.4 Å². The zero-order chi connectivity index (χ0) is 20.7. The Morgan fingerprint density at radius 2 is 1.46 bits per heavy atom. The second kappa shape index (κ2) is 9.85. The Morgan fingerprint density at radius 3 is 2.00 bits per heavy atom. The zero-order valence-corrected chi connectivity index (χ0v) is 16.7. The van der Waals surface area contributed by atoms with Gasteiger partial charge in [0.25, 0.3) is 0 Å². The number of halogens is 1. The molecule has 0 aliphatic heterocycles. The van der Waals surface area contributed by atoms with Crippen molar-refractivity contribution in [2.45, 2.75) is 12.6 Å². The number of carbonyl (C=O) groups is 2. The molecular formula is C21H27FN4O2. The average molecular weight is 386 g/mol. The van der Waals surface area contributed by atoms with Crippen LogP contribution in [0.2, 0.25) is 0 Å². The molecule has 0 radical (unpaired) electrons. The fourth-order valence-corrected chi connectivity index (χ4v) is 2.73. The number of nitrogens with one attached hydrogen (secondary N) is 2. The number of amides is 2. The van der Waals surface area contributed by atoms with Gasteiger partial charge in [0.1, 0.15) is 5.82 Å². The predicted molar refractivity (Wildman–Crippen MR) is 108 cm³/mol. The molecule has 0 aliphatic carbocycles. The summed E-state index contributed by atoms with van der Waals surface area (Å²) < 4.78 is 12.9. The van der Waals surface area contributed by atoms with Gasteiger partial charge < -0.3 is 20.4 Å². The van der Waals surface area contributed by atoms with E-state index in [1.165, 1.54) is 12.1 Å². The number of anilines is 1. The fourth-order valence-electron chi connectivity index (χ4n) is 2.73. The Morgan fingerprint density at radius 1 is 0.893 bits per heavy atom. The molecule has 0 heterocycles. The van der Waals surface area contributed by atoms with E-state index >= 15 is 0 Å².